The Morgan fingerprint density at radius 3 is 2.20 bits per heavy atom. The molecule has 25 heavy (non-hydrogen) atoms. The van der Waals surface area contributed by atoms with Gasteiger partial charge in [0.2, 0.25) is 0 Å². The van der Waals surface area contributed by atoms with Crippen molar-refractivity contribution in [3.63, 3.8) is 0 Å². The SMILES string of the molecule is COc1ccc(CC[C@H](C)N2CCN(c3ccc(F)cc3)CC2)cc1. The zero-order valence-electron chi connectivity index (χ0n) is 15.1. The van der Waals surface area contributed by atoms with Gasteiger partial charge in [-0.2, -0.15) is 0 Å². The minimum Gasteiger partial charge on any atom is -0.497 e. The first-order chi connectivity index (χ1) is 12.2. The molecule has 0 saturated carbocycles. The number of piperazine rings is 1. The monoisotopic (exact) mass is 342 g/mol. The number of hydrogen-bond acceptors (Lipinski definition) is 3. The molecule has 0 amide bonds. The predicted molar refractivity (Wildman–Crippen MR) is 101 cm³/mol. The summed E-state index contributed by atoms with van der Waals surface area (Å²) in [5, 5.41) is 0. The van der Waals surface area contributed by atoms with Crippen LogP contribution in [0.3, 0.4) is 0 Å². The van der Waals surface area contributed by atoms with Gasteiger partial charge in [-0.3, -0.25) is 4.90 Å². The molecule has 1 saturated heterocycles. The quantitative estimate of drug-likeness (QED) is 0.790. The Morgan fingerprint density at radius 2 is 1.60 bits per heavy atom. The molecule has 0 aliphatic carbocycles. The Bertz CT molecular complexity index is 649. The molecular formula is C21H27FN2O. The van der Waals surface area contributed by atoms with Crippen LogP contribution in [0.5, 0.6) is 5.75 Å². The number of methoxy groups -OCH3 is 1. The largest absolute Gasteiger partial charge is 0.497 e. The van der Waals surface area contributed by atoms with E-state index in [1.807, 2.05) is 24.3 Å². The van der Waals surface area contributed by atoms with E-state index in [2.05, 4.69) is 28.9 Å². The van der Waals surface area contributed by atoms with Crippen LogP contribution in [0.4, 0.5) is 10.1 Å². The summed E-state index contributed by atoms with van der Waals surface area (Å²) in [7, 11) is 1.70. The molecule has 1 fully saturated rings. The van der Waals surface area contributed by atoms with Crippen LogP contribution in [-0.4, -0.2) is 44.2 Å². The van der Waals surface area contributed by atoms with Crippen molar-refractivity contribution in [3.8, 4) is 5.75 Å². The topological polar surface area (TPSA) is 15.7 Å². The molecule has 0 spiro atoms. The van der Waals surface area contributed by atoms with Gasteiger partial charge >= 0.3 is 0 Å². The number of rotatable bonds is 6. The van der Waals surface area contributed by atoms with Gasteiger partial charge in [0, 0.05) is 37.9 Å². The van der Waals surface area contributed by atoms with Crippen molar-refractivity contribution in [1.29, 1.82) is 0 Å². The van der Waals surface area contributed by atoms with Gasteiger partial charge in [0.25, 0.3) is 0 Å². The van der Waals surface area contributed by atoms with Crippen LogP contribution in [-0.2, 0) is 6.42 Å². The van der Waals surface area contributed by atoms with Crippen molar-refractivity contribution in [2.24, 2.45) is 0 Å². The standard InChI is InChI=1S/C21H27FN2O/c1-17(3-4-18-5-11-21(25-2)12-6-18)23-13-15-24(16-14-23)20-9-7-19(22)8-10-20/h5-12,17H,3-4,13-16H2,1-2H3/t17-/m0/s1. The van der Waals surface area contributed by atoms with E-state index in [-0.39, 0.29) is 5.82 Å². The van der Waals surface area contributed by atoms with Crippen molar-refractivity contribution < 1.29 is 9.13 Å². The van der Waals surface area contributed by atoms with Gasteiger partial charge in [0.15, 0.2) is 0 Å². The summed E-state index contributed by atoms with van der Waals surface area (Å²) in [4.78, 5) is 4.90. The molecule has 0 N–H and O–H groups in total. The summed E-state index contributed by atoms with van der Waals surface area (Å²) in [5.41, 5.74) is 2.48. The lowest BCUT2D eigenvalue weighted by Gasteiger charge is -2.39. The van der Waals surface area contributed by atoms with Crippen LogP contribution in [0, 0.1) is 5.82 Å². The summed E-state index contributed by atoms with van der Waals surface area (Å²) < 4.78 is 18.3. The fourth-order valence-electron chi connectivity index (χ4n) is 3.42. The average Bonchev–Trinajstić information content (AvgIpc) is 2.67. The summed E-state index contributed by atoms with van der Waals surface area (Å²) in [6.07, 6.45) is 2.24. The second-order valence-electron chi connectivity index (χ2n) is 6.74. The van der Waals surface area contributed by atoms with Crippen molar-refractivity contribution in [2.75, 3.05) is 38.2 Å². The van der Waals surface area contributed by atoms with E-state index in [9.17, 15) is 4.39 Å². The van der Waals surface area contributed by atoms with Crippen LogP contribution >= 0.6 is 0 Å². The van der Waals surface area contributed by atoms with E-state index in [4.69, 9.17) is 4.74 Å². The van der Waals surface area contributed by atoms with Gasteiger partial charge in [-0.05, 0) is 61.7 Å². The van der Waals surface area contributed by atoms with Crippen molar-refractivity contribution in [1.82, 2.24) is 4.90 Å². The molecule has 1 atom stereocenters. The van der Waals surface area contributed by atoms with Gasteiger partial charge in [-0.1, -0.05) is 12.1 Å². The summed E-state index contributed by atoms with van der Waals surface area (Å²) in [6.45, 7) is 6.43. The number of anilines is 1. The predicted octanol–water partition coefficient (Wildman–Crippen LogP) is 3.98. The number of aryl methyl sites for hydroxylation is 1. The number of nitrogens with zero attached hydrogens (tertiary/aromatic N) is 2. The molecule has 2 aromatic carbocycles. The van der Waals surface area contributed by atoms with E-state index >= 15 is 0 Å². The molecule has 0 aromatic heterocycles. The fraction of sp³-hybridized carbons (Fsp3) is 0.429. The molecule has 2 aromatic rings. The average molecular weight is 342 g/mol. The lowest BCUT2D eigenvalue weighted by molar-refractivity contribution is 0.189. The molecule has 0 unspecified atom stereocenters. The highest BCUT2D eigenvalue weighted by atomic mass is 19.1. The normalized spacial score (nSPS) is 16.7. The Labute approximate surface area is 150 Å². The second-order valence-corrected chi connectivity index (χ2v) is 6.74. The minimum atomic E-state index is -0.172. The fourth-order valence-corrected chi connectivity index (χ4v) is 3.42. The number of hydrogen-bond donors (Lipinski definition) is 0. The highest BCUT2D eigenvalue weighted by molar-refractivity contribution is 5.46. The molecule has 3 nitrogen and oxygen atoms in total. The van der Waals surface area contributed by atoms with E-state index in [1.54, 1.807) is 19.2 Å². The van der Waals surface area contributed by atoms with Gasteiger partial charge in [-0.25, -0.2) is 4.39 Å². The summed E-state index contributed by atoms with van der Waals surface area (Å²) >= 11 is 0. The second kappa shape index (κ2) is 8.34. The molecule has 1 heterocycles. The first kappa shape index (κ1) is 17.7. The highest BCUT2D eigenvalue weighted by Crippen LogP contribution is 2.19. The number of benzene rings is 2. The van der Waals surface area contributed by atoms with Gasteiger partial charge < -0.3 is 9.64 Å². The van der Waals surface area contributed by atoms with Gasteiger partial charge in [-0.15, -0.1) is 0 Å². The van der Waals surface area contributed by atoms with Gasteiger partial charge in [0.1, 0.15) is 11.6 Å². The molecule has 0 bridgehead atoms. The van der Waals surface area contributed by atoms with E-state index in [0.29, 0.717) is 6.04 Å². The molecule has 4 heteroatoms. The van der Waals surface area contributed by atoms with E-state index < -0.39 is 0 Å². The number of ether oxygens (including phenoxy) is 1. The van der Waals surface area contributed by atoms with Crippen LogP contribution < -0.4 is 9.64 Å². The van der Waals surface area contributed by atoms with E-state index in [0.717, 1.165) is 50.5 Å². The maximum atomic E-state index is 13.1. The molecule has 134 valence electrons. The Morgan fingerprint density at radius 1 is 0.960 bits per heavy atom. The minimum absolute atomic E-state index is 0.172. The number of halogens is 1. The van der Waals surface area contributed by atoms with Gasteiger partial charge in [0.05, 0.1) is 7.11 Å². The lowest BCUT2D eigenvalue weighted by atomic mass is 10.0. The summed E-state index contributed by atoms with van der Waals surface area (Å²) in [5.74, 6) is 0.739. The molecule has 1 aliphatic rings. The summed E-state index contributed by atoms with van der Waals surface area (Å²) in [6, 6.07) is 15.8. The van der Waals surface area contributed by atoms with Crippen molar-refractivity contribution in [2.45, 2.75) is 25.8 Å². The van der Waals surface area contributed by atoms with Crippen molar-refractivity contribution in [3.05, 3.63) is 59.9 Å². The Kier molecular flexibility index (Phi) is 5.92. The van der Waals surface area contributed by atoms with Crippen LogP contribution in [0.2, 0.25) is 0 Å². The molecular weight excluding hydrogens is 315 g/mol. The highest BCUT2D eigenvalue weighted by Gasteiger charge is 2.21. The smallest absolute Gasteiger partial charge is 0.123 e. The van der Waals surface area contributed by atoms with Crippen molar-refractivity contribution >= 4 is 5.69 Å². The molecule has 3 rings (SSSR count). The third kappa shape index (κ3) is 4.73. The van der Waals surface area contributed by atoms with Crippen LogP contribution in [0.25, 0.3) is 0 Å². The maximum absolute atomic E-state index is 13.1. The molecule has 1 aliphatic heterocycles. The van der Waals surface area contributed by atoms with Crippen LogP contribution in [0.15, 0.2) is 48.5 Å². The first-order valence-electron chi connectivity index (χ1n) is 9.03. The first-order valence-corrected chi connectivity index (χ1v) is 9.03. The van der Waals surface area contributed by atoms with E-state index in [1.165, 1.54) is 5.56 Å². The Hall–Kier alpha value is -2.07. The Balaban J connectivity index is 1.46. The zero-order valence-corrected chi connectivity index (χ0v) is 15.1. The third-order valence-corrected chi connectivity index (χ3v) is 5.14. The molecule has 0 radical (unpaired) electrons. The maximum Gasteiger partial charge on any atom is 0.123 e. The van der Waals surface area contributed by atoms with Crippen LogP contribution in [0.1, 0.15) is 18.9 Å². The third-order valence-electron chi connectivity index (χ3n) is 5.14. The zero-order chi connectivity index (χ0) is 17.6. The lowest BCUT2D eigenvalue weighted by Crippen LogP contribution is -2.49.